The van der Waals surface area contributed by atoms with Crippen molar-refractivity contribution in [3.05, 3.63) is 29.8 Å². The van der Waals surface area contributed by atoms with E-state index in [-0.39, 0.29) is 12.3 Å². The van der Waals surface area contributed by atoms with Gasteiger partial charge in [-0.05, 0) is 18.2 Å². The molecular weight excluding hydrogens is 305 g/mol. The summed E-state index contributed by atoms with van der Waals surface area (Å²) >= 11 is 0. The van der Waals surface area contributed by atoms with Gasteiger partial charge in [0.05, 0.1) is 12.7 Å². The van der Waals surface area contributed by atoms with Gasteiger partial charge in [0.2, 0.25) is 0 Å². The predicted molar refractivity (Wildman–Crippen MR) is 70.9 cm³/mol. The molecule has 1 aromatic rings. The summed E-state index contributed by atoms with van der Waals surface area (Å²) in [5.74, 6) is -1.52. The van der Waals surface area contributed by atoms with Crippen molar-refractivity contribution in [1.82, 2.24) is 5.43 Å². The first-order valence-corrected chi connectivity index (χ1v) is 6.08. The van der Waals surface area contributed by atoms with E-state index in [0.717, 1.165) is 19.2 Å². The van der Waals surface area contributed by atoms with Crippen LogP contribution in [0.1, 0.15) is 5.56 Å². The van der Waals surface area contributed by atoms with Crippen molar-refractivity contribution in [2.24, 2.45) is 0 Å². The summed E-state index contributed by atoms with van der Waals surface area (Å²) in [6, 6.07) is 2.87. The molecule has 0 aliphatic carbocycles. The Kier molecular flexibility index (Phi) is 6.32. The maximum Gasteiger partial charge on any atom is 0.416 e. The first kappa shape index (κ1) is 17.9. The van der Waals surface area contributed by atoms with Crippen molar-refractivity contribution in [3.8, 4) is 0 Å². The van der Waals surface area contributed by atoms with Crippen molar-refractivity contribution < 1.29 is 32.2 Å². The number of ketones is 1. The molecule has 2 N–H and O–H groups in total. The zero-order valence-corrected chi connectivity index (χ0v) is 11.9. The fraction of sp³-hybridized carbons (Fsp3) is 0.385. The minimum Gasteiger partial charge on any atom is -0.467 e. The zero-order valence-electron chi connectivity index (χ0n) is 11.9. The fourth-order valence-electron chi connectivity index (χ4n) is 1.54. The summed E-state index contributed by atoms with van der Waals surface area (Å²) in [6.07, 6.45) is -4.49. The SMILES string of the molecule is COCC(=O)C(NNc1cccc(C(F)(F)F)c1)C(=O)OC. The van der Waals surface area contributed by atoms with Gasteiger partial charge in [0, 0.05) is 12.8 Å². The summed E-state index contributed by atoms with van der Waals surface area (Å²) in [7, 11) is 2.36. The number of alkyl halides is 3. The number of halogens is 3. The number of benzene rings is 1. The van der Waals surface area contributed by atoms with E-state index >= 15 is 0 Å². The van der Waals surface area contributed by atoms with Crippen molar-refractivity contribution in [2.75, 3.05) is 26.3 Å². The molecule has 0 fully saturated rings. The van der Waals surface area contributed by atoms with Gasteiger partial charge in [-0.15, -0.1) is 0 Å². The summed E-state index contributed by atoms with van der Waals surface area (Å²) in [6.45, 7) is -0.350. The molecule has 0 aliphatic heterocycles. The van der Waals surface area contributed by atoms with Crippen LogP contribution < -0.4 is 10.9 Å². The lowest BCUT2D eigenvalue weighted by Crippen LogP contribution is -2.48. The second-order valence-electron chi connectivity index (χ2n) is 4.20. The van der Waals surface area contributed by atoms with Crippen LogP contribution in [0.5, 0.6) is 0 Å². The number of nitrogens with one attached hydrogen (secondary N) is 2. The summed E-state index contributed by atoms with van der Waals surface area (Å²) < 4.78 is 46.8. The Balaban J connectivity index is 2.81. The smallest absolute Gasteiger partial charge is 0.416 e. The molecule has 0 amide bonds. The highest BCUT2D eigenvalue weighted by Gasteiger charge is 2.31. The van der Waals surface area contributed by atoms with Gasteiger partial charge >= 0.3 is 12.1 Å². The van der Waals surface area contributed by atoms with Gasteiger partial charge in [0.25, 0.3) is 0 Å². The van der Waals surface area contributed by atoms with Crippen LogP contribution in [0.2, 0.25) is 0 Å². The number of carbonyl (C=O) groups excluding carboxylic acids is 2. The highest BCUT2D eigenvalue weighted by atomic mass is 19.4. The maximum atomic E-state index is 12.6. The highest BCUT2D eigenvalue weighted by molar-refractivity contribution is 6.03. The molecule has 1 atom stereocenters. The lowest BCUT2D eigenvalue weighted by atomic mass is 10.2. The van der Waals surface area contributed by atoms with E-state index in [1.54, 1.807) is 0 Å². The second kappa shape index (κ2) is 7.76. The van der Waals surface area contributed by atoms with E-state index in [4.69, 9.17) is 0 Å². The molecule has 1 aromatic carbocycles. The van der Waals surface area contributed by atoms with Gasteiger partial charge in [-0.3, -0.25) is 4.79 Å². The molecule has 6 nitrogen and oxygen atoms in total. The average Bonchev–Trinajstić information content (AvgIpc) is 2.47. The molecule has 0 aliphatic rings. The molecule has 0 heterocycles. The molecule has 0 bridgehead atoms. The third-order valence-corrected chi connectivity index (χ3v) is 2.60. The summed E-state index contributed by atoms with van der Waals surface area (Å²) in [5, 5.41) is 0. The van der Waals surface area contributed by atoms with Gasteiger partial charge < -0.3 is 14.9 Å². The minimum absolute atomic E-state index is 0.0361. The van der Waals surface area contributed by atoms with Gasteiger partial charge in [0.15, 0.2) is 11.8 Å². The third kappa shape index (κ3) is 5.01. The van der Waals surface area contributed by atoms with Crippen LogP contribution in [-0.4, -0.2) is 38.6 Å². The number of esters is 1. The minimum atomic E-state index is -4.49. The number of hydrogen-bond acceptors (Lipinski definition) is 6. The van der Waals surface area contributed by atoms with E-state index in [0.29, 0.717) is 0 Å². The van der Waals surface area contributed by atoms with Crippen LogP contribution in [0, 0.1) is 0 Å². The Morgan fingerprint density at radius 1 is 1.27 bits per heavy atom. The molecule has 0 aromatic heterocycles. The Hall–Kier alpha value is -2.13. The lowest BCUT2D eigenvalue weighted by molar-refractivity contribution is -0.147. The van der Waals surface area contributed by atoms with Crippen LogP contribution in [0.15, 0.2) is 24.3 Å². The van der Waals surface area contributed by atoms with E-state index < -0.39 is 29.5 Å². The average molecular weight is 320 g/mol. The Morgan fingerprint density at radius 2 is 1.95 bits per heavy atom. The summed E-state index contributed by atoms with van der Waals surface area (Å²) in [4.78, 5) is 23.2. The molecular formula is C13H15F3N2O4. The fourth-order valence-corrected chi connectivity index (χ4v) is 1.54. The number of hydrazine groups is 1. The van der Waals surface area contributed by atoms with E-state index in [2.05, 4.69) is 20.3 Å². The van der Waals surface area contributed by atoms with Crippen LogP contribution in [0.25, 0.3) is 0 Å². The van der Waals surface area contributed by atoms with E-state index in [9.17, 15) is 22.8 Å². The molecule has 122 valence electrons. The molecule has 0 spiro atoms. The topological polar surface area (TPSA) is 76.7 Å². The lowest BCUT2D eigenvalue weighted by Gasteiger charge is -2.17. The summed E-state index contributed by atoms with van der Waals surface area (Å²) in [5.41, 5.74) is 3.89. The van der Waals surface area contributed by atoms with E-state index in [1.807, 2.05) is 0 Å². The van der Waals surface area contributed by atoms with Gasteiger partial charge in [-0.1, -0.05) is 6.07 Å². The Morgan fingerprint density at radius 3 is 2.50 bits per heavy atom. The van der Waals surface area contributed by atoms with E-state index in [1.165, 1.54) is 19.2 Å². The molecule has 1 rings (SSSR count). The Labute approximate surface area is 124 Å². The predicted octanol–water partition coefficient (Wildman–Crippen LogP) is 1.38. The number of rotatable bonds is 7. The second-order valence-corrected chi connectivity index (χ2v) is 4.20. The first-order valence-electron chi connectivity index (χ1n) is 6.08. The molecule has 0 radical (unpaired) electrons. The number of Topliss-reactive ketones (excluding diaryl/α,β-unsaturated/α-hetero) is 1. The molecule has 9 heteroatoms. The van der Waals surface area contributed by atoms with Gasteiger partial charge in [-0.25, -0.2) is 10.2 Å². The maximum absolute atomic E-state index is 12.6. The number of methoxy groups -OCH3 is 2. The van der Waals surface area contributed by atoms with Crippen molar-refractivity contribution in [1.29, 1.82) is 0 Å². The van der Waals surface area contributed by atoms with Crippen molar-refractivity contribution in [2.45, 2.75) is 12.2 Å². The standard InChI is InChI=1S/C13H15F3N2O4/c1-21-7-10(19)11(12(20)22-2)18-17-9-5-3-4-8(6-9)13(14,15)16/h3-6,11,17-18H,7H2,1-2H3. The molecule has 0 saturated carbocycles. The Bertz CT molecular complexity index is 534. The van der Waals surface area contributed by atoms with Crippen LogP contribution in [-0.2, 0) is 25.2 Å². The number of ether oxygens (including phenoxy) is 2. The highest BCUT2D eigenvalue weighted by Crippen LogP contribution is 2.30. The van der Waals surface area contributed by atoms with Crippen LogP contribution in [0.4, 0.5) is 18.9 Å². The number of carbonyl (C=O) groups is 2. The normalized spacial score (nSPS) is 12.6. The van der Waals surface area contributed by atoms with Gasteiger partial charge in [-0.2, -0.15) is 13.2 Å². The first-order chi connectivity index (χ1) is 10.3. The largest absolute Gasteiger partial charge is 0.467 e. The number of hydrogen-bond donors (Lipinski definition) is 2. The van der Waals surface area contributed by atoms with Crippen LogP contribution in [0.3, 0.4) is 0 Å². The monoisotopic (exact) mass is 320 g/mol. The molecule has 22 heavy (non-hydrogen) atoms. The van der Waals surface area contributed by atoms with Gasteiger partial charge in [0.1, 0.15) is 6.61 Å². The van der Waals surface area contributed by atoms with Crippen molar-refractivity contribution >= 4 is 17.4 Å². The quantitative estimate of drug-likeness (QED) is 0.449. The number of anilines is 1. The van der Waals surface area contributed by atoms with Crippen LogP contribution >= 0.6 is 0 Å². The zero-order chi connectivity index (χ0) is 16.8. The molecule has 1 unspecified atom stereocenters. The third-order valence-electron chi connectivity index (χ3n) is 2.60. The van der Waals surface area contributed by atoms with Crippen molar-refractivity contribution in [3.63, 3.8) is 0 Å². The molecule has 0 saturated heterocycles.